The molecule has 3 heterocycles. The first-order valence-electron chi connectivity index (χ1n) is 15.6. The first-order valence-corrected chi connectivity index (χ1v) is 17.5. The second-order valence-electron chi connectivity index (χ2n) is 12.2. The van der Waals surface area contributed by atoms with E-state index in [-0.39, 0.29) is 52.6 Å². The molecule has 5 rings (SSSR count). The average molecular weight is 654 g/mol. The second kappa shape index (κ2) is 14.5. The normalized spacial score (nSPS) is 28.1. The summed E-state index contributed by atoms with van der Waals surface area (Å²) in [6.45, 7) is 3.47. The highest BCUT2D eigenvalue weighted by molar-refractivity contribution is 7.89. The first kappa shape index (κ1) is 33.2. The number of carbonyl (C=O) groups excluding carboxylic acids is 1. The number of fused-ring (bicyclic) bond motifs is 2. The zero-order chi connectivity index (χ0) is 31.4. The highest BCUT2D eigenvalue weighted by atomic mass is 35.5. The van der Waals surface area contributed by atoms with Crippen molar-refractivity contribution < 1.29 is 26.7 Å². The van der Waals surface area contributed by atoms with Crippen LogP contribution in [0.25, 0.3) is 0 Å². The molecule has 1 amide bonds. The third-order valence-corrected chi connectivity index (χ3v) is 11.7. The summed E-state index contributed by atoms with van der Waals surface area (Å²) in [5.74, 6) is -2.13. The van der Waals surface area contributed by atoms with Gasteiger partial charge in [0, 0.05) is 43.3 Å². The van der Waals surface area contributed by atoms with Gasteiger partial charge in [-0.05, 0) is 81.9 Å². The lowest BCUT2D eigenvalue weighted by Crippen LogP contribution is -2.57. The van der Waals surface area contributed by atoms with Crippen LogP contribution in [0.1, 0.15) is 68.9 Å². The molecule has 2 aromatic rings. The average Bonchev–Trinajstić information content (AvgIpc) is 3.11. The zero-order valence-corrected chi connectivity index (χ0v) is 26.6. The molecule has 4 N–H and O–H groups in total. The molecule has 2 aliphatic heterocycles. The smallest absolute Gasteiger partial charge is 0.241 e. The molecule has 0 spiro atoms. The van der Waals surface area contributed by atoms with Crippen LogP contribution in [0.3, 0.4) is 0 Å². The van der Waals surface area contributed by atoms with Crippen molar-refractivity contribution in [2.75, 3.05) is 30.8 Å². The van der Waals surface area contributed by atoms with Crippen LogP contribution in [0.15, 0.2) is 30.6 Å². The van der Waals surface area contributed by atoms with E-state index in [1.807, 2.05) is 6.92 Å². The van der Waals surface area contributed by atoms with Gasteiger partial charge in [-0.3, -0.25) is 9.78 Å². The van der Waals surface area contributed by atoms with E-state index in [1.54, 1.807) is 10.4 Å². The standard InChI is InChI=1S/C31H42ClF2N5O4S/c1-2-43-23-9-5-19(6-10-23)29(20-7-12-25(32)26(33)14-20)30(35)31(40)38-28-17-36-16-27(34)24(28)11-8-22-15-37-21-4-3-13-44(41,42)39(22)18-21/h7,12,14,16-17,19,21-23,29-30,37H,2-6,8-11,13,15,18,35H2,1H3,(H,38,40)/t19-,21-,22+,23-,29-,30+/m1/s1. The summed E-state index contributed by atoms with van der Waals surface area (Å²) < 4.78 is 62.9. The zero-order valence-electron chi connectivity index (χ0n) is 25.0. The number of pyridine rings is 1. The molecule has 1 aromatic heterocycles. The SMILES string of the molecule is CCO[C@H]1CC[C@H]([C@H](c2ccc(Cl)c(F)c2)[C@H](N)C(=O)Nc2cncc(F)c2CC[C@H]2CN[C@@H]3CCCS(=O)(=O)N2C3)CC1. The fourth-order valence-corrected chi connectivity index (χ4v) is 9.03. The molecule has 13 heteroatoms. The molecule has 3 aliphatic rings. The monoisotopic (exact) mass is 653 g/mol. The van der Waals surface area contributed by atoms with Crippen LogP contribution >= 0.6 is 11.6 Å². The van der Waals surface area contributed by atoms with Crippen LogP contribution in [0, 0.1) is 17.6 Å². The van der Waals surface area contributed by atoms with Crippen molar-refractivity contribution >= 4 is 33.2 Å². The minimum Gasteiger partial charge on any atom is -0.379 e. The Bertz CT molecular complexity index is 1430. The van der Waals surface area contributed by atoms with Gasteiger partial charge in [-0.25, -0.2) is 17.2 Å². The van der Waals surface area contributed by atoms with E-state index < -0.39 is 39.5 Å². The molecule has 2 bridgehead atoms. The molecule has 9 nitrogen and oxygen atoms in total. The number of aromatic nitrogens is 1. The molecule has 1 saturated carbocycles. The molecule has 5 atom stereocenters. The second-order valence-corrected chi connectivity index (χ2v) is 14.6. The van der Waals surface area contributed by atoms with Gasteiger partial charge in [0.05, 0.1) is 41.0 Å². The molecular weight excluding hydrogens is 612 g/mol. The Morgan fingerprint density at radius 2 is 1.98 bits per heavy atom. The minimum atomic E-state index is -3.40. The number of ether oxygens (including phenoxy) is 1. The Balaban J connectivity index is 1.33. The molecule has 44 heavy (non-hydrogen) atoms. The van der Waals surface area contributed by atoms with E-state index in [2.05, 4.69) is 15.6 Å². The van der Waals surface area contributed by atoms with Crippen LogP contribution < -0.4 is 16.4 Å². The van der Waals surface area contributed by atoms with Crippen LogP contribution in [-0.2, 0) is 26.0 Å². The Kier molecular flexibility index (Phi) is 10.9. The van der Waals surface area contributed by atoms with Gasteiger partial charge < -0.3 is 21.1 Å². The number of anilines is 1. The van der Waals surface area contributed by atoms with Gasteiger partial charge in [0.1, 0.15) is 11.6 Å². The van der Waals surface area contributed by atoms with Crippen molar-refractivity contribution in [2.24, 2.45) is 11.7 Å². The number of piperazine rings is 1. The predicted octanol–water partition coefficient (Wildman–Crippen LogP) is 4.36. The summed E-state index contributed by atoms with van der Waals surface area (Å²) in [5.41, 5.74) is 7.64. The lowest BCUT2D eigenvalue weighted by atomic mass is 9.72. The summed E-state index contributed by atoms with van der Waals surface area (Å²) in [6, 6.07) is 3.23. The number of hydrogen-bond donors (Lipinski definition) is 3. The summed E-state index contributed by atoms with van der Waals surface area (Å²) in [5, 5.41) is 6.20. The van der Waals surface area contributed by atoms with Crippen molar-refractivity contribution in [1.29, 1.82) is 0 Å². The van der Waals surface area contributed by atoms with Crippen molar-refractivity contribution in [3.8, 4) is 0 Å². The quantitative estimate of drug-likeness (QED) is 0.348. The molecule has 242 valence electrons. The number of carbonyl (C=O) groups is 1. The summed E-state index contributed by atoms with van der Waals surface area (Å²) in [7, 11) is -3.40. The van der Waals surface area contributed by atoms with E-state index in [1.165, 1.54) is 18.3 Å². The number of rotatable bonds is 10. The van der Waals surface area contributed by atoms with Gasteiger partial charge in [-0.2, -0.15) is 4.31 Å². The number of nitrogens with two attached hydrogens (primary N) is 1. The fourth-order valence-electron chi connectivity index (χ4n) is 7.10. The van der Waals surface area contributed by atoms with Gasteiger partial charge in [0.2, 0.25) is 15.9 Å². The van der Waals surface area contributed by atoms with Crippen molar-refractivity contribution in [2.45, 2.75) is 88.4 Å². The Hall–Kier alpha value is -2.22. The third kappa shape index (κ3) is 7.59. The van der Waals surface area contributed by atoms with Gasteiger partial charge in [-0.15, -0.1) is 0 Å². The van der Waals surface area contributed by atoms with E-state index in [0.29, 0.717) is 38.1 Å². The lowest BCUT2D eigenvalue weighted by Gasteiger charge is -2.37. The number of nitrogens with one attached hydrogen (secondary N) is 2. The number of nitrogens with zero attached hydrogens (tertiary/aromatic N) is 2. The molecule has 0 radical (unpaired) electrons. The maximum Gasteiger partial charge on any atom is 0.241 e. The lowest BCUT2D eigenvalue weighted by molar-refractivity contribution is -0.118. The summed E-state index contributed by atoms with van der Waals surface area (Å²) in [4.78, 5) is 17.6. The Morgan fingerprint density at radius 3 is 2.70 bits per heavy atom. The topological polar surface area (TPSA) is 127 Å². The number of hydrogen-bond acceptors (Lipinski definition) is 7. The van der Waals surface area contributed by atoms with Gasteiger partial charge in [0.25, 0.3) is 0 Å². The highest BCUT2D eigenvalue weighted by Gasteiger charge is 2.39. The van der Waals surface area contributed by atoms with E-state index in [4.69, 9.17) is 22.1 Å². The highest BCUT2D eigenvalue weighted by Crippen LogP contribution is 2.40. The summed E-state index contributed by atoms with van der Waals surface area (Å²) >= 11 is 5.96. The third-order valence-electron chi connectivity index (χ3n) is 9.40. The molecule has 1 aromatic carbocycles. The van der Waals surface area contributed by atoms with Gasteiger partial charge in [0.15, 0.2) is 0 Å². The number of halogens is 3. The molecular formula is C31H42ClF2N5O4S. The van der Waals surface area contributed by atoms with E-state index in [0.717, 1.165) is 38.3 Å². The molecule has 3 fully saturated rings. The fraction of sp³-hybridized carbons (Fsp3) is 0.613. The van der Waals surface area contributed by atoms with Crippen LogP contribution in [0.5, 0.6) is 0 Å². The van der Waals surface area contributed by atoms with Crippen molar-refractivity contribution in [1.82, 2.24) is 14.6 Å². The van der Waals surface area contributed by atoms with Crippen molar-refractivity contribution in [3.05, 3.63) is 58.4 Å². The van der Waals surface area contributed by atoms with Crippen LogP contribution in [0.4, 0.5) is 14.5 Å². The Morgan fingerprint density at radius 1 is 1.20 bits per heavy atom. The van der Waals surface area contributed by atoms with Crippen LogP contribution in [-0.4, -0.2) is 73.3 Å². The largest absolute Gasteiger partial charge is 0.379 e. The first-order chi connectivity index (χ1) is 21.1. The van der Waals surface area contributed by atoms with Gasteiger partial charge in [-0.1, -0.05) is 17.7 Å². The number of sulfonamides is 1. The Labute approximate surface area is 263 Å². The van der Waals surface area contributed by atoms with Gasteiger partial charge >= 0.3 is 0 Å². The number of amides is 1. The maximum atomic E-state index is 15.2. The molecule has 2 saturated heterocycles. The number of benzene rings is 1. The van der Waals surface area contributed by atoms with Crippen LogP contribution in [0.2, 0.25) is 5.02 Å². The van der Waals surface area contributed by atoms with E-state index >= 15 is 4.39 Å². The molecule has 1 unspecified atom stereocenters. The van der Waals surface area contributed by atoms with E-state index in [9.17, 15) is 17.6 Å². The predicted molar refractivity (Wildman–Crippen MR) is 166 cm³/mol. The molecule has 1 aliphatic carbocycles. The summed E-state index contributed by atoms with van der Waals surface area (Å²) in [6.07, 6.45) is 7.68. The minimum absolute atomic E-state index is 0.00339. The maximum absolute atomic E-state index is 15.2. The van der Waals surface area contributed by atoms with Crippen molar-refractivity contribution in [3.63, 3.8) is 0 Å².